The molecule has 0 aliphatic rings. The molecule has 0 fully saturated rings. The largest absolute Gasteiger partial charge is 0.383 e. The molecule has 0 spiro atoms. The molecule has 5 nitrogen and oxygen atoms in total. The molecule has 0 amide bonds. The summed E-state index contributed by atoms with van der Waals surface area (Å²) in [5, 5.41) is 8.66. The number of nitrogen functional groups attached to an aromatic ring is 1. The van der Waals surface area contributed by atoms with Gasteiger partial charge in [0.15, 0.2) is 4.34 Å². The van der Waals surface area contributed by atoms with Crippen LogP contribution in [0.4, 0.5) is 5.82 Å². The van der Waals surface area contributed by atoms with Crippen molar-refractivity contribution in [3.05, 3.63) is 16.9 Å². The summed E-state index contributed by atoms with van der Waals surface area (Å²) in [5.74, 6) is 1.35. The van der Waals surface area contributed by atoms with Crippen LogP contribution in [0.3, 0.4) is 0 Å². The molecular formula is C10H13N5S2. The number of anilines is 1. The highest BCUT2D eigenvalue weighted by molar-refractivity contribution is 8.01. The van der Waals surface area contributed by atoms with Crippen molar-refractivity contribution in [1.29, 1.82) is 0 Å². The normalized spacial score (nSPS) is 10.7. The van der Waals surface area contributed by atoms with Gasteiger partial charge in [-0.25, -0.2) is 9.97 Å². The molecule has 90 valence electrons. The Kier molecular flexibility index (Phi) is 3.90. The number of aromatic nitrogens is 4. The number of nitrogens with two attached hydrogens (primary N) is 1. The molecule has 2 aromatic rings. The third-order valence-corrected chi connectivity index (χ3v) is 4.05. The van der Waals surface area contributed by atoms with Crippen molar-refractivity contribution < 1.29 is 0 Å². The molecule has 0 saturated carbocycles. The molecule has 17 heavy (non-hydrogen) atoms. The molecule has 0 unspecified atom stereocenters. The van der Waals surface area contributed by atoms with E-state index in [1.165, 1.54) is 23.1 Å². The van der Waals surface area contributed by atoms with Crippen LogP contribution in [0, 0.1) is 6.92 Å². The monoisotopic (exact) mass is 267 g/mol. The second-order valence-electron chi connectivity index (χ2n) is 3.51. The number of hydrogen-bond donors (Lipinski definition) is 1. The topological polar surface area (TPSA) is 77.6 Å². The Morgan fingerprint density at radius 3 is 2.88 bits per heavy atom. The second-order valence-corrected chi connectivity index (χ2v) is 5.58. The highest BCUT2D eigenvalue weighted by Gasteiger charge is 2.11. The second kappa shape index (κ2) is 5.42. The summed E-state index contributed by atoms with van der Waals surface area (Å²) < 4.78 is 0.869. The summed E-state index contributed by atoms with van der Waals surface area (Å²) in [6.45, 7) is 4.02. The van der Waals surface area contributed by atoms with Crippen molar-refractivity contribution in [3.63, 3.8) is 0 Å². The van der Waals surface area contributed by atoms with E-state index >= 15 is 0 Å². The van der Waals surface area contributed by atoms with E-state index in [0.717, 1.165) is 33.6 Å². The number of nitrogens with zero attached hydrogens (tertiary/aromatic N) is 4. The van der Waals surface area contributed by atoms with Crippen molar-refractivity contribution in [1.82, 2.24) is 20.2 Å². The molecule has 0 aromatic carbocycles. The maximum Gasteiger partial charge on any atom is 0.180 e. The first-order chi connectivity index (χ1) is 8.20. The van der Waals surface area contributed by atoms with Crippen LogP contribution in [0.5, 0.6) is 0 Å². The van der Waals surface area contributed by atoms with E-state index in [9.17, 15) is 0 Å². The van der Waals surface area contributed by atoms with Gasteiger partial charge in [-0.05, 0) is 25.1 Å². The summed E-state index contributed by atoms with van der Waals surface area (Å²) in [5.41, 5.74) is 8.49. The van der Waals surface area contributed by atoms with Gasteiger partial charge in [0.1, 0.15) is 22.2 Å². The molecule has 0 bridgehead atoms. The Bertz CT molecular complexity index is 498. The third-order valence-electron chi connectivity index (χ3n) is 2.18. The molecule has 2 rings (SSSR count). The van der Waals surface area contributed by atoms with Gasteiger partial charge >= 0.3 is 0 Å². The zero-order chi connectivity index (χ0) is 12.3. The highest BCUT2D eigenvalue weighted by atomic mass is 32.2. The van der Waals surface area contributed by atoms with Gasteiger partial charge in [-0.15, -0.1) is 10.2 Å². The lowest BCUT2D eigenvalue weighted by Crippen LogP contribution is -2.04. The van der Waals surface area contributed by atoms with Gasteiger partial charge in [-0.3, -0.25) is 0 Å². The fraction of sp³-hybridized carbons (Fsp3) is 0.400. The number of aryl methyl sites for hydroxylation is 1. The van der Waals surface area contributed by atoms with Crippen molar-refractivity contribution in [2.24, 2.45) is 0 Å². The van der Waals surface area contributed by atoms with Gasteiger partial charge in [-0.2, -0.15) is 0 Å². The van der Waals surface area contributed by atoms with E-state index in [4.69, 9.17) is 5.73 Å². The summed E-state index contributed by atoms with van der Waals surface area (Å²) in [6.07, 6.45) is 1.85. The van der Waals surface area contributed by atoms with Gasteiger partial charge < -0.3 is 5.73 Å². The summed E-state index contributed by atoms with van der Waals surface area (Å²) in [7, 11) is 0. The van der Waals surface area contributed by atoms with Crippen LogP contribution in [-0.4, -0.2) is 20.2 Å². The van der Waals surface area contributed by atoms with E-state index < -0.39 is 0 Å². The van der Waals surface area contributed by atoms with Gasteiger partial charge in [0.25, 0.3) is 0 Å². The Labute approximate surface area is 108 Å². The SMILES string of the molecule is CCCc1nc(N)c(C)c(Sc2nncs2)n1. The molecule has 7 heteroatoms. The minimum atomic E-state index is 0.551. The smallest absolute Gasteiger partial charge is 0.180 e. The van der Waals surface area contributed by atoms with E-state index in [-0.39, 0.29) is 0 Å². The van der Waals surface area contributed by atoms with E-state index in [2.05, 4.69) is 27.1 Å². The predicted octanol–water partition coefficient (Wildman–Crippen LogP) is 2.32. The van der Waals surface area contributed by atoms with Crippen molar-refractivity contribution in [2.45, 2.75) is 36.1 Å². The Hall–Kier alpha value is -1.21. The van der Waals surface area contributed by atoms with Crippen LogP contribution in [-0.2, 0) is 6.42 Å². The first kappa shape index (κ1) is 12.3. The molecule has 0 aliphatic heterocycles. The first-order valence-electron chi connectivity index (χ1n) is 5.27. The zero-order valence-electron chi connectivity index (χ0n) is 9.67. The lowest BCUT2D eigenvalue weighted by atomic mass is 10.3. The summed E-state index contributed by atoms with van der Waals surface area (Å²) in [4.78, 5) is 8.78. The Balaban J connectivity index is 2.31. The minimum Gasteiger partial charge on any atom is -0.383 e. The van der Waals surface area contributed by atoms with Crippen molar-refractivity contribution in [3.8, 4) is 0 Å². The van der Waals surface area contributed by atoms with E-state index in [1.807, 2.05) is 6.92 Å². The highest BCUT2D eigenvalue weighted by Crippen LogP contribution is 2.31. The van der Waals surface area contributed by atoms with Crippen molar-refractivity contribution in [2.75, 3.05) is 5.73 Å². The Morgan fingerprint density at radius 1 is 1.41 bits per heavy atom. The van der Waals surface area contributed by atoms with E-state index in [1.54, 1.807) is 5.51 Å². The van der Waals surface area contributed by atoms with Crippen LogP contribution < -0.4 is 5.73 Å². The number of rotatable bonds is 4. The third kappa shape index (κ3) is 2.92. The molecule has 2 heterocycles. The quantitative estimate of drug-likeness (QED) is 0.857. The summed E-state index contributed by atoms with van der Waals surface area (Å²) in [6, 6.07) is 0. The molecule has 0 aliphatic carbocycles. The van der Waals surface area contributed by atoms with Gasteiger partial charge in [0.2, 0.25) is 0 Å². The molecule has 0 saturated heterocycles. The lowest BCUT2D eigenvalue weighted by Gasteiger charge is -2.07. The van der Waals surface area contributed by atoms with Crippen LogP contribution in [0.25, 0.3) is 0 Å². The minimum absolute atomic E-state index is 0.551. The Morgan fingerprint density at radius 2 is 2.24 bits per heavy atom. The molecule has 0 radical (unpaired) electrons. The average Bonchev–Trinajstić information content (AvgIpc) is 2.78. The van der Waals surface area contributed by atoms with E-state index in [0.29, 0.717) is 5.82 Å². The van der Waals surface area contributed by atoms with Crippen LogP contribution in [0.15, 0.2) is 14.9 Å². The van der Waals surface area contributed by atoms with Crippen LogP contribution in [0.1, 0.15) is 24.7 Å². The predicted molar refractivity (Wildman–Crippen MR) is 69.2 cm³/mol. The van der Waals surface area contributed by atoms with Crippen LogP contribution >= 0.6 is 23.1 Å². The molecular weight excluding hydrogens is 254 g/mol. The van der Waals surface area contributed by atoms with Gasteiger partial charge in [-0.1, -0.05) is 18.3 Å². The molecule has 2 aromatic heterocycles. The molecule has 2 N–H and O–H groups in total. The summed E-state index contributed by atoms with van der Waals surface area (Å²) >= 11 is 2.98. The average molecular weight is 267 g/mol. The first-order valence-corrected chi connectivity index (χ1v) is 6.97. The maximum atomic E-state index is 5.88. The molecule has 0 atom stereocenters. The van der Waals surface area contributed by atoms with Crippen LogP contribution in [0.2, 0.25) is 0 Å². The fourth-order valence-electron chi connectivity index (χ4n) is 1.28. The maximum absolute atomic E-state index is 5.88. The zero-order valence-corrected chi connectivity index (χ0v) is 11.3. The van der Waals surface area contributed by atoms with Crippen molar-refractivity contribution >= 4 is 28.9 Å². The fourth-order valence-corrected chi connectivity index (χ4v) is 2.78. The van der Waals surface area contributed by atoms with Gasteiger partial charge in [0.05, 0.1) is 0 Å². The van der Waals surface area contributed by atoms with Gasteiger partial charge in [0, 0.05) is 12.0 Å². The lowest BCUT2D eigenvalue weighted by molar-refractivity contribution is 0.805. The standard InChI is InChI=1S/C10H13N5S2/c1-3-4-7-13-8(11)6(2)9(14-7)17-10-15-12-5-16-10/h5H,3-4H2,1-2H3,(H2,11,13,14). The number of hydrogen-bond acceptors (Lipinski definition) is 7.